The quantitative estimate of drug-likeness (QED) is 0.882. The SMILES string of the molecule is O[C@@]1(C(F)(F)F)CCCN(Cc2ccccc2)C1. The number of β-amino-alcohol motifs (C(OH)–C–C–N with tert-alkyl or cyclic N) is 1. The number of benzene rings is 1. The Morgan fingerprint density at radius 1 is 1.22 bits per heavy atom. The Morgan fingerprint density at radius 2 is 1.89 bits per heavy atom. The molecule has 1 fully saturated rings. The number of hydrogen-bond donors (Lipinski definition) is 1. The number of likely N-dealkylation sites (tertiary alicyclic amines) is 1. The van der Waals surface area contributed by atoms with E-state index in [2.05, 4.69) is 0 Å². The van der Waals surface area contributed by atoms with E-state index in [1.807, 2.05) is 30.3 Å². The van der Waals surface area contributed by atoms with Gasteiger partial charge in [0.25, 0.3) is 0 Å². The van der Waals surface area contributed by atoms with Gasteiger partial charge in [-0.3, -0.25) is 4.90 Å². The molecule has 0 saturated carbocycles. The fourth-order valence-electron chi connectivity index (χ4n) is 2.33. The molecule has 1 atom stereocenters. The van der Waals surface area contributed by atoms with E-state index in [4.69, 9.17) is 0 Å². The molecule has 1 aromatic carbocycles. The average Bonchev–Trinajstić information content (AvgIpc) is 2.29. The van der Waals surface area contributed by atoms with Gasteiger partial charge in [-0.25, -0.2) is 0 Å². The summed E-state index contributed by atoms with van der Waals surface area (Å²) in [6.07, 6.45) is -4.40. The Morgan fingerprint density at radius 3 is 2.50 bits per heavy atom. The summed E-state index contributed by atoms with van der Waals surface area (Å²) in [6, 6.07) is 9.33. The fraction of sp³-hybridized carbons (Fsp3) is 0.538. The number of halogens is 3. The number of piperidine rings is 1. The van der Waals surface area contributed by atoms with Crippen molar-refractivity contribution in [2.24, 2.45) is 0 Å². The summed E-state index contributed by atoms with van der Waals surface area (Å²) in [5.74, 6) is 0. The van der Waals surface area contributed by atoms with Gasteiger partial charge >= 0.3 is 6.18 Å². The molecule has 100 valence electrons. The molecule has 1 aliphatic heterocycles. The molecule has 0 spiro atoms. The van der Waals surface area contributed by atoms with Crippen LogP contribution in [0.15, 0.2) is 30.3 Å². The summed E-state index contributed by atoms with van der Waals surface area (Å²) in [6.45, 7) is 0.692. The van der Waals surface area contributed by atoms with Crippen molar-refractivity contribution in [1.29, 1.82) is 0 Å². The highest BCUT2D eigenvalue weighted by Crippen LogP contribution is 2.37. The van der Waals surface area contributed by atoms with Gasteiger partial charge in [0.1, 0.15) is 0 Å². The first kappa shape index (κ1) is 13.4. The molecular formula is C13H16F3NO. The zero-order chi connectivity index (χ0) is 13.2. The molecule has 1 aliphatic rings. The molecule has 1 heterocycles. The van der Waals surface area contributed by atoms with Crippen LogP contribution in [-0.4, -0.2) is 34.9 Å². The third-order valence-corrected chi connectivity index (χ3v) is 3.33. The van der Waals surface area contributed by atoms with Crippen LogP contribution in [0.25, 0.3) is 0 Å². The standard InChI is InChI=1S/C13H16F3NO/c14-13(15,16)12(18)7-4-8-17(10-12)9-11-5-2-1-3-6-11/h1-3,5-6,18H,4,7-10H2/t12-/m0/s1. The van der Waals surface area contributed by atoms with Gasteiger partial charge in [0.2, 0.25) is 0 Å². The van der Waals surface area contributed by atoms with Crippen molar-refractivity contribution in [3.05, 3.63) is 35.9 Å². The van der Waals surface area contributed by atoms with Crippen molar-refractivity contribution in [2.45, 2.75) is 31.2 Å². The van der Waals surface area contributed by atoms with Gasteiger partial charge in [-0.15, -0.1) is 0 Å². The number of nitrogens with zero attached hydrogens (tertiary/aromatic N) is 1. The Labute approximate surface area is 104 Å². The molecule has 0 aliphatic carbocycles. The third kappa shape index (κ3) is 2.84. The molecule has 1 aromatic rings. The monoisotopic (exact) mass is 259 g/mol. The lowest BCUT2D eigenvalue weighted by Crippen LogP contribution is -2.56. The van der Waals surface area contributed by atoms with Crippen LogP contribution in [0, 0.1) is 0 Å². The Balaban J connectivity index is 2.04. The molecule has 18 heavy (non-hydrogen) atoms. The number of rotatable bonds is 2. The lowest BCUT2D eigenvalue weighted by atomic mass is 9.92. The van der Waals surface area contributed by atoms with Crippen molar-refractivity contribution in [2.75, 3.05) is 13.1 Å². The summed E-state index contributed by atoms with van der Waals surface area (Å²) >= 11 is 0. The van der Waals surface area contributed by atoms with Crippen LogP contribution in [0.1, 0.15) is 18.4 Å². The Kier molecular flexibility index (Phi) is 3.64. The molecule has 1 N–H and O–H groups in total. The zero-order valence-corrected chi connectivity index (χ0v) is 9.95. The van der Waals surface area contributed by atoms with E-state index in [1.54, 1.807) is 4.90 Å². The van der Waals surface area contributed by atoms with Gasteiger partial charge in [-0.1, -0.05) is 30.3 Å². The highest BCUT2D eigenvalue weighted by molar-refractivity contribution is 5.14. The molecule has 2 nitrogen and oxygen atoms in total. The van der Waals surface area contributed by atoms with E-state index >= 15 is 0 Å². The van der Waals surface area contributed by atoms with Crippen LogP contribution in [-0.2, 0) is 6.54 Å². The summed E-state index contributed by atoms with van der Waals surface area (Å²) in [4.78, 5) is 1.66. The van der Waals surface area contributed by atoms with E-state index in [0.29, 0.717) is 19.5 Å². The van der Waals surface area contributed by atoms with E-state index in [1.165, 1.54) is 0 Å². The first-order chi connectivity index (χ1) is 8.41. The fourth-order valence-corrected chi connectivity index (χ4v) is 2.33. The summed E-state index contributed by atoms with van der Waals surface area (Å²) < 4.78 is 38.3. The molecular weight excluding hydrogens is 243 g/mol. The minimum absolute atomic E-state index is 0.207. The van der Waals surface area contributed by atoms with Gasteiger partial charge in [0.15, 0.2) is 5.60 Å². The molecule has 0 unspecified atom stereocenters. The van der Waals surface area contributed by atoms with Crippen molar-refractivity contribution >= 4 is 0 Å². The van der Waals surface area contributed by atoms with Gasteiger partial charge < -0.3 is 5.11 Å². The maximum absolute atomic E-state index is 12.8. The smallest absolute Gasteiger partial charge is 0.379 e. The second kappa shape index (κ2) is 4.90. The Hall–Kier alpha value is -1.07. The van der Waals surface area contributed by atoms with Crippen LogP contribution >= 0.6 is 0 Å². The van der Waals surface area contributed by atoms with Crippen LogP contribution in [0.5, 0.6) is 0 Å². The molecule has 2 rings (SSSR count). The molecule has 0 aromatic heterocycles. The number of aliphatic hydroxyl groups is 1. The summed E-state index contributed by atoms with van der Waals surface area (Å²) in [7, 11) is 0. The van der Waals surface area contributed by atoms with Gasteiger partial charge in [-0.2, -0.15) is 13.2 Å². The lowest BCUT2D eigenvalue weighted by Gasteiger charge is -2.40. The molecule has 0 bridgehead atoms. The van der Waals surface area contributed by atoms with Gasteiger partial charge in [0.05, 0.1) is 0 Å². The van der Waals surface area contributed by atoms with Crippen molar-refractivity contribution < 1.29 is 18.3 Å². The van der Waals surface area contributed by atoms with Crippen molar-refractivity contribution in [1.82, 2.24) is 4.90 Å². The maximum Gasteiger partial charge on any atom is 0.418 e. The minimum Gasteiger partial charge on any atom is -0.379 e. The maximum atomic E-state index is 12.8. The molecule has 1 saturated heterocycles. The van der Waals surface area contributed by atoms with Crippen molar-refractivity contribution in [3.8, 4) is 0 Å². The highest BCUT2D eigenvalue weighted by Gasteiger charge is 2.55. The molecule has 5 heteroatoms. The van der Waals surface area contributed by atoms with E-state index in [0.717, 1.165) is 5.56 Å². The van der Waals surface area contributed by atoms with Crippen molar-refractivity contribution in [3.63, 3.8) is 0 Å². The second-order valence-corrected chi connectivity index (χ2v) is 4.83. The third-order valence-electron chi connectivity index (χ3n) is 3.33. The predicted molar refractivity (Wildman–Crippen MR) is 62.0 cm³/mol. The predicted octanol–water partition coefficient (Wildman–Crippen LogP) is 2.58. The van der Waals surface area contributed by atoms with Crippen LogP contribution in [0.2, 0.25) is 0 Å². The second-order valence-electron chi connectivity index (χ2n) is 4.83. The topological polar surface area (TPSA) is 23.5 Å². The van der Waals surface area contributed by atoms with Crippen LogP contribution < -0.4 is 0 Å². The first-order valence-electron chi connectivity index (χ1n) is 5.96. The van der Waals surface area contributed by atoms with E-state index in [9.17, 15) is 18.3 Å². The molecule has 0 amide bonds. The minimum atomic E-state index is -4.55. The van der Waals surface area contributed by atoms with Gasteiger partial charge in [0, 0.05) is 13.1 Å². The normalized spacial score (nSPS) is 26.2. The summed E-state index contributed by atoms with van der Waals surface area (Å²) in [5, 5.41) is 9.69. The van der Waals surface area contributed by atoms with Crippen LogP contribution in [0.3, 0.4) is 0 Å². The first-order valence-corrected chi connectivity index (χ1v) is 5.96. The van der Waals surface area contributed by atoms with E-state index in [-0.39, 0.29) is 13.0 Å². The van der Waals surface area contributed by atoms with Gasteiger partial charge in [-0.05, 0) is 24.9 Å². The summed E-state index contributed by atoms with van der Waals surface area (Å²) in [5.41, 5.74) is -1.59. The van der Waals surface area contributed by atoms with Crippen LogP contribution in [0.4, 0.5) is 13.2 Å². The highest BCUT2D eigenvalue weighted by atomic mass is 19.4. The Bertz CT molecular complexity index is 393. The molecule has 0 radical (unpaired) electrons. The zero-order valence-electron chi connectivity index (χ0n) is 9.95. The largest absolute Gasteiger partial charge is 0.418 e. The van der Waals surface area contributed by atoms with E-state index < -0.39 is 11.8 Å². The number of alkyl halides is 3. The average molecular weight is 259 g/mol. The number of hydrogen-bond acceptors (Lipinski definition) is 2. The lowest BCUT2D eigenvalue weighted by molar-refractivity contribution is -0.274.